The normalized spacial score (nSPS) is 25.6. The van der Waals surface area contributed by atoms with E-state index >= 15 is 0 Å². The second-order valence-corrected chi connectivity index (χ2v) is 4.19. The van der Waals surface area contributed by atoms with Gasteiger partial charge in [-0.1, -0.05) is 0 Å². The van der Waals surface area contributed by atoms with Crippen molar-refractivity contribution in [3.05, 3.63) is 0 Å². The van der Waals surface area contributed by atoms with Gasteiger partial charge in [-0.3, -0.25) is 20.4 Å². The Morgan fingerprint density at radius 2 is 1.60 bits per heavy atom. The molecule has 5 nitrogen and oxygen atoms in total. The Morgan fingerprint density at radius 3 is 2.33 bits per heavy atom. The third-order valence-corrected chi connectivity index (χ3v) is 2.97. The zero-order valence-corrected chi connectivity index (χ0v) is 9.37. The van der Waals surface area contributed by atoms with E-state index in [0.29, 0.717) is 0 Å². The van der Waals surface area contributed by atoms with Crippen LogP contribution in [0.5, 0.6) is 0 Å². The molecule has 0 saturated carbocycles. The number of hydrogen-bond donors (Lipinski definition) is 2. The average molecular weight is 214 g/mol. The van der Waals surface area contributed by atoms with Gasteiger partial charge in [0.1, 0.15) is 0 Å². The van der Waals surface area contributed by atoms with Gasteiger partial charge in [0, 0.05) is 26.3 Å². The highest BCUT2D eigenvalue weighted by atomic mass is 16.5. The first-order valence-corrected chi connectivity index (χ1v) is 5.89. The SMILES string of the molecule is C(CN1CCOCC1)CN1CNCNC1. The lowest BCUT2D eigenvalue weighted by Gasteiger charge is -2.30. The molecular formula is C10H22N4O. The maximum absolute atomic E-state index is 5.32. The molecule has 0 aromatic heterocycles. The van der Waals surface area contributed by atoms with Crippen molar-refractivity contribution < 1.29 is 4.74 Å². The number of nitrogens with one attached hydrogen (secondary N) is 2. The van der Waals surface area contributed by atoms with Gasteiger partial charge >= 0.3 is 0 Å². The zero-order chi connectivity index (χ0) is 10.3. The number of rotatable bonds is 4. The second kappa shape index (κ2) is 6.40. The van der Waals surface area contributed by atoms with E-state index in [1.54, 1.807) is 0 Å². The summed E-state index contributed by atoms with van der Waals surface area (Å²) in [6.45, 7) is 9.41. The van der Waals surface area contributed by atoms with Crippen LogP contribution in [0.4, 0.5) is 0 Å². The van der Waals surface area contributed by atoms with Gasteiger partial charge in [0.2, 0.25) is 0 Å². The van der Waals surface area contributed by atoms with Gasteiger partial charge in [0.05, 0.1) is 26.6 Å². The Hall–Kier alpha value is -0.200. The highest BCUT2D eigenvalue weighted by Gasteiger charge is 2.11. The molecule has 2 heterocycles. The molecule has 2 saturated heterocycles. The van der Waals surface area contributed by atoms with Crippen molar-refractivity contribution in [1.29, 1.82) is 0 Å². The zero-order valence-electron chi connectivity index (χ0n) is 9.37. The van der Waals surface area contributed by atoms with Gasteiger partial charge < -0.3 is 4.74 Å². The first-order valence-electron chi connectivity index (χ1n) is 5.89. The van der Waals surface area contributed by atoms with Crippen LogP contribution in [0, 0.1) is 0 Å². The molecule has 0 unspecified atom stereocenters. The fraction of sp³-hybridized carbons (Fsp3) is 1.00. The fourth-order valence-corrected chi connectivity index (χ4v) is 2.07. The molecule has 2 aliphatic heterocycles. The van der Waals surface area contributed by atoms with E-state index in [9.17, 15) is 0 Å². The van der Waals surface area contributed by atoms with Crippen molar-refractivity contribution in [1.82, 2.24) is 20.4 Å². The summed E-state index contributed by atoms with van der Waals surface area (Å²) in [6, 6.07) is 0. The van der Waals surface area contributed by atoms with E-state index < -0.39 is 0 Å². The third kappa shape index (κ3) is 4.04. The average Bonchev–Trinajstić information content (AvgIpc) is 2.32. The molecule has 5 heteroatoms. The molecular weight excluding hydrogens is 192 g/mol. The summed E-state index contributed by atoms with van der Waals surface area (Å²) < 4.78 is 5.32. The van der Waals surface area contributed by atoms with E-state index in [-0.39, 0.29) is 0 Å². The molecule has 0 amide bonds. The van der Waals surface area contributed by atoms with Crippen LogP contribution in [0.25, 0.3) is 0 Å². The molecule has 0 radical (unpaired) electrons. The lowest BCUT2D eigenvalue weighted by Crippen LogP contribution is -2.51. The van der Waals surface area contributed by atoms with Crippen LogP contribution < -0.4 is 10.6 Å². The van der Waals surface area contributed by atoms with Crippen LogP contribution >= 0.6 is 0 Å². The molecule has 0 spiro atoms. The lowest BCUT2D eigenvalue weighted by molar-refractivity contribution is 0.0355. The number of morpholine rings is 1. The van der Waals surface area contributed by atoms with E-state index in [1.807, 2.05) is 0 Å². The summed E-state index contributed by atoms with van der Waals surface area (Å²) in [5, 5.41) is 6.61. The Bertz CT molecular complexity index is 149. The largest absolute Gasteiger partial charge is 0.379 e. The summed E-state index contributed by atoms with van der Waals surface area (Å²) in [7, 11) is 0. The smallest absolute Gasteiger partial charge is 0.0594 e. The molecule has 2 rings (SSSR count). The van der Waals surface area contributed by atoms with Crippen LogP contribution in [0.2, 0.25) is 0 Å². The Balaban J connectivity index is 1.53. The molecule has 2 aliphatic rings. The fourth-order valence-electron chi connectivity index (χ4n) is 2.07. The lowest BCUT2D eigenvalue weighted by atomic mass is 10.3. The van der Waals surface area contributed by atoms with Crippen LogP contribution in [0.3, 0.4) is 0 Å². The first kappa shape index (κ1) is 11.3. The van der Waals surface area contributed by atoms with Crippen LogP contribution in [-0.2, 0) is 4.74 Å². The monoisotopic (exact) mass is 214 g/mol. The number of nitrogens with zero attached hydrogens (tertiary/aromatic N) is 2. The predicted molar refractivity (Wildman–Crippen MR) is 59.5 cm³/mol. The van der Waals surface area contributed by atoms with Crippen molar-refractivity contribution in [3.63, 3.8) is 0 Å². The van der Waals surface area contributed by atoms with Gasteiger partial charge in [-0.2, -0.15) is 0 Å². The molecule has 0 aliphatic carbocycles. The number of hydrogen-bond acceptors (Lipinski definition) is 5. The van der Waals surface area contributed by atoms with Crippen molar-refractivity contribution in [2.24, 2.45) is 0 Å². The summed E-state index contributed by atoms with van der Waals surface area (Å²) in [6.07, 6.45) is 1.25. The van der Waals surface area contributed by atoms with Crippen molar-refractivity contribution in [3.8, 4) is 0 Å². The quantitative estimate of drug-likeness (QED) is 0.633. The predicted octanol–water partition coefficient (Wildman–Crippen LogP) is -0.924. The van der Waals surface area contributed by atoms with Crippen LogP contribution in [-0.4, -0.2) is 69.2 Å². The Morgan fingerprint density at radius 1 is 0.933 bits per heavy atom. The minimum atomic E-state index is 0.910. The minimum absolute atomic E-state index is 0.910. The summed E-state index contributed by atoms with van der Waals surface area (Å²) in [4.78, 5) is 4.90. The first-order chi connectivity index (χ1) is 7.45. The Kier molecular flexibility index (Phi) is 4.82. The summed E-state index contributed by atoms with van der Waals surface area (Å²) in [5.74, 6) is 0. The van der Waals surface area contributed by atoms with Crippen molar-refractivity contribution >= 4 is 0 Å². The molecule has 15 heavy (non-hydrogen) atoms. The van der Waals surface area contributed by atoms with Crippen molar-refractivity contribution in [2.75, 3.05) is 59.4 Å². The summed E-state index contributed by atoms with van der Waals surface area (Å²) >= 11 is 0. The van der Waals surface area contributed by atoms with E-state index in [0.717, 1.165) is 46.3 Å². The molecule has 0 atom stereocenters. The third-order valence-electron chi connectivity index (χ3n) is 2.97. The minimum Gasteiger partial charge on any atom is -0.379 e. The molecule has 2 fully saturated rings. The second-order valence-electron chi connectivity index (χ2n) is 4.19. The van der Waals surface area contributed by atoms with Gasteiger partial charge in [-0.25, -0.2) is 0 Å². The maximum atomic E-state index is 5.32. The van der Waals surface area contributed by atoms with Gasteiger partial charge in [-0.05, 0) is 13.0 Å². The highest BCUT2D eigenvalue weighted by Crippen LogP contribution is 1.99. The van der Waals surface area contributed by atoms with Gasteiger partial charge in [0.25, 0.3) is 0 Å². The molecule has 2 N–H and O–H groups in total. The highest BCUT2D eigenvalue weighted by molar-refractivity contribution is 4.65. The van der Waals surface area contributed by atoms with Crippen LogP contribution in [0.15, 0.2) is 0 Å². The maximum Gasteiger partial charge on any atom is 0.0594 e. The van der Waals surface area contributed by atoms with Crippen molar-refractivity contribution in [2.45, 2.75) is 6.42 Å². The Labute approximate surface area is 91.7 Å². The standard InChI is InChI=1S/C10H22N4O/c1(2-13-4-6-15-7-5-13)3-14-9-11-8-12-10-14/h11-12H,1-10H2. The van der Waals surface area contributed by atoms with Crippen LogP contribution in [0.1, 0.15) is 6.42 Å². The molecule has 0 bridgehead atoms. The number of ether oxygens (including phenoxy) is 1. The van der Waals surface area contributed by atoms with E-state index in [2.05, 4.69) is 20.4 Å². The van der Waals surface area contributed by atoms with Gasteiger partial charge in [-0.15, -0.1) is 0 Å². The molecule has 88 valence electrons. The summed E-state index contributed by atoms with van der Waals surface area (Å²) in [5.41, 5.74) is 0. The molecule has 0 aromatic rings. The molecule has 0 aromatic carbocycles. The van der Waals surface area contributed by atoms with E-state index in [1.165, 1.54) is 19.5 Å². The van der Waals surface area contributed by atoms with Gasteiger partial charge in [0.15, 0.2) is 0 Å². The van der Waals surface area contributed by atoms with E-state index in [4.69, 9.17) is 4.74 Å². The topological polar surface area (TPSA) is 39.8 Å².